The molecule has 1 aromatic heterocycles. The number of thiol groups is 1. The van der Waals surface area contributed by atoms with Crippen LogP contribution in [0.2, 0.25) is 0 Å². The summed E-state index contributed by atoms with van der Waals surface area (Å²) in [6.07, 6.45) is 0. The van der Waals surface area contributed by atoms with Crippen LogP contribution >= 0.6 is 12.6 Å². The Hall–Kier alpha value is -1.09. The minimum atomic E-state index is 0.181. The lowest BCUT2D eigenvalue weighted by atomic mass is 10.2. The van der Waals surface area contributed by atoms with E-state index in [-0.39, 0.29) is 5.75 Å². The number of para-hydroxylation sites is 1. The van der Waals surface area contributed by atoms with E-state index in [0.29, 0.717) is 11.3 Å². The average Bonchev–Trinajstić information content (AvgIpc) is 2.49. The van der Waals surface area contributed by atoms with Gasteiger partial charge in [-0.2, -0.15) is 12.6 Å². The van der Waals surface area contributed by atoms with Crippen LogP contribution in [0.1, 0.15) is 5.76 Å². The van der Waals surface area contributed by atoms with Crippen LogP contribution in [0.25, 0.3) is 11.0 Å². The summed E-state index contributed by atoms with van der Waals surface area (Å²) < 4.78 is 5.32. The number of furan rings is 1. The first-order valence-electron chi connectivity index (χ1n) is 3.62. The fourth-order valence-electron chi connectivity index (χ4n) is 1.18. The van der Waals surface area contributed by atoms with Crippen molar-refractivity contribution in [2.24, 2.45) is 0 Å². The third kappa shape index (κ3) is 1.06. The second-order valence-electron chi connectivity index (χ2n) is 2.57. The Kier molecular flexibility index (Phi) is 1.73. The Morgan fingerprint density at radius 3 is 2.92 bits per heavy atom. The molecule has 0 aliphatic carbocycles. The maximum absolute atomic E-state index is 9.36. The Balaban J connectivity index is 2.74. The quantitative estimate of drug-likeness (QED) is 0.661. The maximum Gasteiger partial charge on any atom is 0.175 e. The molecule has 0 bridgehead atoms. The number of hydrogen-bond donors (Lipinski definition) is 2. The summed E-state index contributed by atoms with van der Waals surface area (Å²) in [5.41, 5.74) is 0.543. The molecule has 1 aromatic carbocycles. The Morgan fingerprint density at radius 1 is 1.42 bits per heavy atom. The minimum Gasteiger partial charge on any atom is -0.504 e. The Morgan fingerprint density at radius 2 is 2.25 bits per heavy atom. The van der Waals surface area contributed by atoms with Gasteiger partial charge in [0.2, 0.25) is 0 Å². The molecule has 1 heterocycles. The SMILES string of the molecule is Oc1cccc2cc(CS)oc12. The molecular formula is C9H8O2S. The molecule has 0 radical (unpaired) electrons. The van der Waals surface area contributed by atoms with E-state index in [1.807, 2.05) is 12.1 Å². The molecule has 12 heavy (non-hydrogen) atoms. The second kappa shape index (κ2) is 2.75. The smallest absolute Gasteiger partial charge is 0.175 e. The molecule has 2 aromatic rings. The van der Waals surface area contributed by atoms with Gasteiger partial charge in [-0.1, -0.05) is 12.1 Å². The molecule has 0 fully saturated rings. The van der Waals surface area contributed by atoms with Crippen molar-refractivity contribution in [2.45, 2.75) is 5.75 Å². The molecule has 0 saturated carbocycles. The average molecular weight is 180 g/mol. The molecule has 0 aliphatic rings. The van der Waals surface area contributed by atoms with Crippen molar-refractivity contribution in [2.75, 3.05) is 0 Å². The van der Waals surface area contributed by atoms with E-state index in [4.69, 9.17) is 4.42 Å². The van der Waals surface area contributed by atoms with Crippen molar-refractivity contribution < 1.29 is 9.52 Å². The van der Waals surface area contributed by atoms with Gasteiger partial charge in [-0.25, -0.2) is 0 Å². The van der Waals surface area contributed by atoms with Gasteiger partial charge in [-0.15, -0.1) is 0 Å². The van der Waals surface area contributed by atoms with Gasteiger partial charge in [0.05, 0.1) is 0 Å². The molecule has 3 heteroatoms. The van der Waals surface area contributed by atoms with Crippen molar-refractivity contribution in [3.8, 4) is 5.75 Å². The lowest BCUT2D eigenvalue weighted by molar-refractivity contribution is 0.461. The normalized spacial score (nSPS) is 10.8. The van der Waals surface area contributed by atoms with Crippen molar-refractivity contribution in [3.05, 3.63) is 30.0 Å². The number of benzene rings is 1. The molecule has 2 rings (SSSR count). The van der Waals surface area contributed by atoms with Crippen LogP contribution in [-0.4, -0.2) is 5.11 Å². The zero-order valence-electron chi connectivity index (χ0n) is 6.32. The first kappa shape index (κ1) is 7.55. The number of hydrogen-bond acceptors (Lipinski definition) is 3. The van der Waals surface area contributed by atoms with Crippen molar-refractivity contribution in [3.63, 3.8) is 0 Å². The van der Waals surface area contributed by atoms with E-state index >= 15 is 0 Å². The molecule has 0 amide bonds. The summed E-state index contributed by atoms with van der Waals surface area (Å²) in [4.78, 5) is 0. The zero-order valence-corrected chi connectivity index (χ0v) is 7.21. The van der Waals surface area contributed by atoms with Gasteiger partial charge >= 0.3 is 0 Å². The van der Waals surface area contributed by atoms with Gasteiger partial charge in [-0.3, -0.25) is 0 Å². The Bertz CT molecular complexity index is 406. The van der Waals surface area contributed by atoms with Crippen molar-refractivity contribution in [1.82, 2.24) is 0 Å². The van der Waals surface area contributed by atoms with Gasteiger partial charge in [0.1, 0.15) is 5.76 Å². The number of fused-ring (bicyclic) bond motifs is 1. The fourth-order valence-corrected chi connectivity index (χ4v) is 1.33. The summed E-state index contributed by atoms with van der Waals surface area (Å²) in [6.45, 7) is 0. The second-order valence-corrected chi connectivity index (χ2v) is 2.88. The maximum atomic E-state index is 9.36. The molecule has 0 aliphatic heterocycles. The van der Waals surface area contributed by atoms with E-state index in [1.54, 1.807) is 12.1 Å². The predicted octanol–water partition coefficient (Wildman–Crippen LogP) is 2.57. The lowest BCUT2D eigenvalue weighted by Crippen LogP contribution is -1.64. The molecule has 2 nitrogen and oxygen atoms in total. The largest absolute Gasteiger partial charge is 0.504 e. The highest BCUT2D eigenvalue weighted by molar-refractivity contribution is 7.79. The number of aromatic hydroxyl groups is 1. The third-order valence-electron chi connectivity index (χ3n) is 1.73. The van der Waals surface area contributed by atoms with Crippen molar-refractivity contribution >= 4 is 23.6 Å². The van der Waals surface area contributed by atoms with Crippen molar-refractivity contribution in [1.29, 1.82) is 0 Å². The van der Waals surface area contributed by atoms with Crippen LogP contribution in [0.4, 0.5) is 0 Å². The molecular weight excluding hydrogens is 172 g/mol. The summed E-state index contributed by atoms with van der Waals surface area (Å²) >= 11 is 4.08. The fraction of sp³-hybridized carbons (Fsp3) is 0.111. The third-order valence-corrected chi connectivity index (χ3v) is 2.04. The summed E-state index contributed by atoms with van der Waals surface area (Å²) in [7, 11) is 0. The minimum absolute atomic E-state index is 0.181. The highest BCUT2D eigenvalue weighted by Crippen LogP contribution is 2.27. The summed E-state index contributed by atoms with van der Waals surface area (Å²) in [5, 5.41) is 10.3. The van der Waals surface area contributed by atoms with E-state index in [9.17, 15) is 5.11 Å². The van der Waals surface area contributed by atoms with Crippen LogP contribution in [0.15, 0.2) is 28.7 Å². The first-order chi connectivity index (χ1) is 5.81. The van der Waals surface area contributed by atoms with Crippen LogP contribution in [0, 0.1) is 0 Å². The summed E-state index contributed by atoms with van der Waals surface area (Å²) in [6, 6.07) is 7.16. The highest BCUT2D eigenvalue weighted by Gasteiger charge is 2.04. The number of rotatable bonds is 1. The Labute approximate surface area is 75.2 Å². The molecule has 1 N–H and O–H groups in total. The van der Waals surface area contributed by atoms with Gasteiger partial charge in [0.15, 0.2) is 11.3 Å². The molecule has 0 spiro atoms. The standard InChI is InChI=1S/C9H8O2S/c10-8-3-1-2-6-4-7(5-12)11-9(6)8/h1-4,10,12H,5H2. The van der Waals surface area contributed by atoms with Gasteiger partial charge in [-0.05, 0) is 12.1 Å². The monoisotopic (exact) mass is 180 g/mol. The summed E-state index contributed by atoms with van der Waals surface area (Å²) in [5.74, 6) is 1.50. The predicted molar refractivity (Wildman–Crippen MR) is 50.6 cm³/mol. The lowest BCUT2D eigenvalue weighted by Gasteiger charge is -1.90. The highest BCUT2D eigenvalue weighted by atomic mass is 32.1. The van der Waals surface area contributed by atoms with E-state index in [1.165, 1.54) is 0 Å². The van der Waals surface area contributed by atoms with Gasteiger partial charge < -0.3 is 9.52 Å². The van der Waals surface area contributed by atoms with E-state index in [2.05, 4.69) is 12.6 Å². The van der Waals surface area contributed by atoms with Gasteiger partial charge in [0, 0.05) is 11.1 Å². The molecule has 0 unspecified atom stereocenters. The number of phenols is 1. The first-order valence-corrected chi connectivity index (χ1v) is 4.26. The van der Waals surface area contributed by atoms with Crippen LogP contribution in [-0.2, 0) is 5.75 Å². The zero-order chi connectivity index (χ0) is 8.55. The van der Waals surface area contributed by atoms with Crippen LogP contribution < -0.4 is 0 Å². The molecule has 0 atom stereocenters. The van der Waals surface area contributed by atoms with Crippen LogP contribution in [0.3, 0.4) is 0 Å². The van der Waals surface area contributed by atoms with E-state index in [0.717, 1.165) is 11.1 Å². The van der Waals surface area contributed by atoms with Gasteiger partial charge in [0.25, 0.3) is 0 Å². The molecule has 0 saturated heterocycles. The number of phenolic OH excluding ortho intramolecular Hbond substituents is 1. The van der Waals surface area contributed by atoms with Crippen LogP contribution in [0.5, 0.6) is 5.75 Å². The topological polar surface area (TPSA) is 33.4 Å². The molecule has 62 valence electrons. The van der Waals surface area contributed by atoms with E-state index < -0.39 is 0 Å².